The Morgan fingerprint density at radius 1 is 0.241 bits per heavy atom. The summed E-state index contributed by atoms with van der Waals surface area (Å²) in [7, 11) is 0. The molecular formula is C54H34. The van der Waals surface area contributed by atoms with Crippen LogP contribution in [0.1, 0.15) is 11.1 Å². The molecule has 12 rings (SSSR count). The Labute approximate surface area is 313 Å². The summed E-state index contributed by atoms with van der Waals surface area (Å²) in [5.74, 6) is 0. The van der Waals surface area contributed by atoms with E-state index >= 15 is 0 Å². The van der Waals surface area contributed by atoms with Crippen LogP contribution in [0.4, 0.5) is 0 Å². The molecule has 0 heteroatoms. The largest absolute Gasteiger partial charge is 0.0622 e. The molecule has 0 fully saturated rings. The number of fused-ring (bicyclic) bond motifs is 10. The molecule has 0 N–H and O–H groups in total. The first-order valence-corrected chi connectivity index (χ1v) is 19.0. The van der Waals surface area contributed by atoms with Crippen LogP contribution >= 0.6 is 0 Å². The van der Waals surface area contributed by atoms with Crippen molar-refractivity contribution in [1.29, 1.82) is 0 Å². The predicted molar refractivity (Wildman–Crippen MR) is 235 cm³/mol. The normalized spacial score (nSPS) is 12.3. The molecule has 0 unspecified atom stereocenters. The highest BCUT2D eigenvalue weighted by Crippen LogP contribution is 2.50. The van der Waals surface area contributed by atoms with Gasteiger partial charge < -0.3 is 0 Å². The molecule has 0 saturated heterocycles. The van der Waals surface area contributed by atoms with Crippen LogP contribution in [0.15, 0.2) is 170 Å². The second-order valence-corrected chi connectivity index (χ2v) is 15.2. The quantitative estimate of drug-likeness (QED) is 0.163. The molecular weight excluding hydrogens is 649 g/mol. The molecule has 0 nitrogen and oxygen atoms in total. The molecule has 0 saturated carbocycles. The maximum absolute atomic E-state index is 2.53. The first-order valence-electron chi connectivity index (χ1n) is 19.0. The van der Waals surface area contributed by atoms with Crippen molar-refractivity contribution < 1.29 is 0 Å². The smallest absolute Gasteiger partial charge is 0.00199 e. The van der Waals surface area contributed by atoms with Crippen LogP contribution < -0.4 is 0 Å². The Kier molecular flexibility index (Phi) is 6.00. The lowest BCUT2D eigenvalue weighted by Gasteiger charge is -2.17. The second-order valence-electron chi connectivity index (χ2n) is 15.2. The highest BCUT2D eigenvalue weighted by molar-refractivity contribution is 6.39. The van der Waals surface area contributed by atoms with E-state index in [-0.39, 0.29) is 0 Å². The number of aryl methyl sites for hydroxylation is 2. The van der Waals surface area contributed by atoms with Gasteiger partial charge in [0.15, 0.2) is 0 Å². The van der Waals surface area contributed by atoms with Gasteiger partial charge in [-0.25, -0.2) is 0 Å². The maximum atomic E-state index is 2.53. The second kappa shape index (κ2) is 10.9. The zero-order chi connectivity index (χ0) is 35.7. The summed E-state index contributed by atoms with van der Waals surface area (Å²) in [4.78, 5) is 0. The molecule has 54 heavy (non-hydrogen) atoms. The molecule has 0 bridgehead atoms. The zero-order valence-electron chi connectivity index (χ0n) is 30.2. The van der Waals surface area contributed by atoms with Gasteiger partial charge in [0.05, 0.1) is 0 Å². The van der Waals surface area contributed by atoms with Gasteiger partial charge in [-0.2, -0.15) is 0 Å². The van der Waals surface area contributed by atoms with Crippen molar-refractivity contribution in [2.75, 3.05) is 0 Å². The fourth-order valence-electron chi connectivity index (χ4n) is 10.1. The van der Waals surface area contributed by atoms with Gasteiger partial charge in [0.1, 0.15) is 0 Å². The van der Waals surface area contributed by atoms with E-state index in [4.69, 9.17) is 0 Å². The molecule has 0 spiro atoms. The van der Waals surface area contributed by atoms with Gasteiger partial charge in [-0.1, -0.05) is 146 Å². The van der Waals surface area contributed by atoms with E-state index in [0.29, 0.717) is 0 Å². The van der Waals surface area contributed by atoms with E-state index in [1.807, 2.05) is 0 Å². The Hall–Kier alpha value is -6.76. The lowest BCUT2D eigenvalue weighted by molar-refractivity contribution is 1.39. The lowest BCUT2D eigenvalue weighted by atomic mass is 9.86. The van der Waals surface area contributed by atoms with Crippen LogP contribution in [-0.2, 0) is 0 Å². The highest BCUT2D eigenvalue weighted by Gasteiger charge is 2.22. The van der Waals surface area contributed by atoms with Gasteiger partial charge in [0.25, 0.3) is 0 Å². The summed E-state index contributed by atoms with van der Waals surface area (Å²) in [6.07, 6.45) is 0. The Bertz CT molecular complexity index is 3470. The minimum Gasteiger partial charge on any atom is -0.0622 e. The summed E-state index contributed by atoms with van der Waals surface area (Å²) in [5, 5.41) is 21.3. The standard InChI is InChI=1S/C54H34/c1-31-13-10-14-32(2)52(31)51-29-46-42-24-11-21-39-36-19-8-9-20-37(36)50(54(39)42)30-48(46)47-27-45-43-26-25-38(35-18-7-6-17-34(35)33-15-4-3-5-16-33)40-22-12-23-41(53(40)43)44(45)28-49(47)51/h3-30H,1-2H3. The van der Waals surface area contributed by atoms with Gasteiger partial charge >= 0.3 is 0 Å². The molecule has 12 aromatic rings. The Morgan fingerprint density at radius 3 is 1.44 bits per heavy atom. The van der Waals surface area contributed by atoms with Crippen LogP contribution in [-0.4, -0.2) is 0 Å². The minimum atomic E-state index is 1.24. The molecule has 0 amide bonds. The Balaban J connectivity index is 1.24. The highest BCUT2D eigenvalue weighted by atomic mass is 14.2. The molecule has 0 aromatic heterocycles. The van der Waals surface area contributed by atoms with Crippen molar-refractivity contribution in [3.8, 4) is 33.4 Å². The summed E-state index contributed by atoms with van der Waals surface area (Å²) in [6.45, 7) is 4.53. The zero-order valence-corrected chi connectivity index (χ0v) is 30.2. The maximum Gasteiger partial charge on any atom is -0.00199 e. The molecule has 0 aliphatic rings. The summed E-state index contributed by atoms with van der Waals surface area (Å²) < 4.78 is 0. The van der Waals surface area contributed by atoms with Crippen molar-refractivity contribution in [3.05, 3.63) is 181 Å². The fraction of sp³-hybridized carbons (Fsp3) is 0.0370. The van der Waals surface area contributed by atoms with Crippen LogP contribution in [0.2, 0.25) is 0 Å². The van der Waals surface area contributed by atoms with Crippen LogP contribution in [0.3, 0.4) is 0 Å². The van der Waals surface area contributed by atoms with E-state index < -0.39 is 0 Å². The van der Waals surface area contributed by atoms with Gasteiger partial charge in [-0.15, -0.1) is 0 Å². The molecule has 12 aromatic carbocycles. The minimum absolute atomic E-state index is 1.24. The third-order valence-electron chi connectivity index (χ3n) is 12.4. The van der Waals surface area contributed by atoms with E-state index in [1.54, 1.807) is 0 Å². The predicted octanol–water partition coefficient (Wildman–Crippen LogP) is 15.4. The average molecular weight is 683 g/mol. The molecule has 0 heterocycles. The number of hydrogen-bond donors (Lipinski definition) is 0. The first kappa shape index (κ1) is 29.8. The van der Waals surface area contributed by atoms with Crippen molar-refractivity contribution in [2.45, 2.75) is 13.8 Å². The summed E-state index contributed by atoms with van der Waals surface area (Å²) in [5.41, 5.74) is 10.3. The van der Waals surface area contributed by atoms with Crippen molar-refractivity contribution in [1.82, 2.24) is 0 Å². The summed E-state index contributed by atoms with van der Waals surface area (Å²) >= 11 is 0. The van der Waals surface area contributed by atoms with Crippen molar-refractivity contribution in [3.63, 3.8) is 0 Å². The molecule has 250 valence electrons. The van der Waals surface area contributed by atoms with Gasteiger partial charge in [0, 0.05) is 0 Å². The topological polar surface area (TPSA) is 0 Å². The van der Waals surface area contributed by atoms with Crippen molar-refractivity contribution in [2.24, 2.45) is 0 Å². The molecule has 0 atom stereocenters. The molecule has 0 aliphatic heterocycles. The van der Waals surface area contributed by atoms with Gasteiger partial charge in [0.2, 0.25) is 0 Å². The van der Waals surface area contributed by atoms with E-state index in [2.05, 4.69) is 184 Å². The van der Waals surface area contributed by atoms with E-state index in [9.17, 15) is 0 Å². The Morgan fingerprint density at radius 2 is 0.704 bits per heavy atom. The van der Waals surface area contributed by atoms with Crippen molar-refractivity contribution >= 4 is 86.2 Å². The number of rotatable bonds is 3. The molecule has 0 radical (unpaired) electrons. The van der Waals surface area contributed by atoms with Crippen LogP contribution in [0, 0.1) is 13.8 Å². The average Bonchev–Trinajstić information content (AvgIpc) is 3.71. The first-order chi connectivity index (χ1) is 26.6. The summed E-state index contributed by atoms with van der Waals surface area (Å²) in [6, 6.07) is 63.9. The van der Waals surface area contributed by atoms with Crippen LogP contribution in [0.5, 0.6) is 0 Å². The fourth-order valence-corrected chi connectivity index (χ4v) is 10.1. The van der Waals surface area contributed by atoms with Gasteiger partial charge in [-0.3, -0.25) is 0 Å². The van der Waals surface area contributed by atoms with E-state index in [1.165, 1.54) is 131 Å². The third kappa shape index (κ3) is 3.92. The monoisotopic (exact) mass is 682 g/mol. The van der Waals surface area contributed by atoms with E-state index in [0.717, 1.165) is 0 Å². The SMILES string of the molecule is Cc1cccc(C)c1-c1cc2c(cc3c4ccccc4c4cccc2c43)c2cc3c(cc12)c1cccc2c(-c4ccccc4-c4ccccc4)ccc3c21. The third-order valence-corrected chi connectivity index (χ3v) is 12.4. The molecule has 0 aliphatic carbocycles. The van der Waals surface area contributed by atoms with Crippen LogP contribution in [0.25, 0.3) is 120 Å². The lowest BCUT2D eigenvalue weighted by Crippen LogP contribution is -1.91. The number of benzene rings is 10. The van der Waals surface area contributed by atoms with Gasteiger partial charge in [-0.05, 0) is 169 Å². The number of hydrogen-bond acceptors (Lipinski definition) is 0.